The standard InChI is InChI=1S/C32H34N10O4/c1-15-17-7-9-21(19(17)6-5-18(15)29-38-40-41-39-29)37-31(46)23-11-22(35-14-36-23)30(45)34-12-16-4-8-20-24(10-16)42(13-32(20,2)3)26-25(33)27(43)28(26)44/h4-6,8,10-11,14,21,25-27,43H,7,9,12-13,33H2,1-3H3,(H,34,45)(H,37,46)(H,38,39,40,41)/t21-,25?,26?,27?/m0/s1. The van der Waals surface area contributed by atoms with Crippen molar-refractivity contribution in [2.24, 2.45) is 5.73 Å². The van der Waals surface area contributed by atoms with Crippen LogP contribution in [0.3, 0.4) is 0 Å². The maximum absolute atomic E-state index is 13.2. The summed E-state index contributed by atoms with van der Waals surface area (Å²) in [5, 5.41) is 30.1. The Hall–Kier alpha value is -5.08. The van der Waals surface area contributed by atoms with Gasteiger partial charge in [0.2, 0.25) is 5.82 Å². The first kappa shape index (κ1) is 29.6. The molecule has 2 aromatic carbocycles. The molecule has 14 nitrogen and oxygen atoms in total. The third-order valence-electron chi connectivity index (χ3n) is 9.48. The number of rotatable bonds is 7. The fourth-order valence-corrected chi connectivity index (χ4v) is 6.97. The number of nitrogens with two attached hydrogens (primary N) is 1. The Morgan fingerprint density at radius 3 is 2.65 bits per heavy atom. The number of hydrogen-bond acceptors (Lipinski definition) is 11. The van der Waals surface area contributed by atoms with Gasteiger partial charge in [-0.2, -0.15) is 5.21 Å². The molecule has 0 bridgehead atoms. The number of nitrogens with zero attached hydrogens (tertiary/aromatic N) is 6. The second kappa shape index (κ2) is 11.1. The molecule has 2 aromatic heterocycles. The molecule has 3 aliphatic rings. The molecule has 0 saturated heterocycles. The van der Waals surface area contributed by atoms with Crippen LogP contribution in [0.1, 0.15) is 75.1 Å². The van der Waals surface area contributed by atoms with E-state index in [1.165, 1.54) is 12.4 Å². The number of fused-ring (bicyclic) bond motifs is 2. The monoisotopic (exact) mass is 622 g/mol. The third kappa shape index (κ3) is 4.90. The van der Waals surface area contributed by atoms with E-state index in [0.29, 0.717) is 12.4 Å². The van der Waals surface area contributed by atoms with Crippen molar-refractivity contribution < 1.29 is 19.5 Å². The van der Waals surface area contributed by atoms with Crippen molar-refractivity contribution in [1.82, 2.24) is 41.2 Å². The Labute approximate surface area is 264 Å². The Bertz CT molecular complexity index is 1870. The minimum atomic E-state index is -1.14. The van der Waals surface area contributed by atoms with Crippen molar-refractivity contribution in [2.45, 2.75) is 69.8 Å². The molecule has 3 unspecified atom stereocenters. The van der Waals surface area contributed by atoms with Gasteiger partial charge in [0.15, 0.2) is 5.78 Å². The zero-order valence-electron chi connectivity index (χ0n) is 25.6. The number of aliphatic hydroxyl groups excluding tert-OH is 1. The fraction of sp³-hybridized carbons (Fsp3) is 0.375. The van der Waals surface area contributed by atoms with E-state index in [4.69, 9.17) is 5.73 Å². The van der Waals surface area contributed by atoms with E-state index in [-0.39, 0.29) is 35.2 Å². The summed E-state index contributed by atoms with van der Waals surface area (Å²) in [5.41, 5.74) is 12.9. The zero-order chi connectivity index (χ0) is 32.3. The van der Waals surface area contributed by atoms with Gasteiger partial charge in [-0.1, -0.05) is 38.1 Å². The van der Waals surface area contributed by atoms with Crippen LogP contribution in [0.4, 0.5) is 5.69 Å². The van der Waals surface area contributed by atoms with Crippen molar-refractivity contribution in [1.29, 1.82) is 0 Å². The van der Waals surface area contributed by atoms with Crippen molar-refractivity contribution in [3.05, 3.63) is 81.9 Å². The highest BCUT2D eigenvalue weighted by atomic mass is 16.3. The number of Topliss-reactive ketones (excluding diaryl/α,β-unsaturated/α-hetero) is 1. The molecule has 1 aliphatic heterocycles. The lowest BCUT2D eigenvalue weighted by atomic mass is 9.80. The van der Waals surface area contributed by atoms with Gasteiger partial charge in [-0.05, 0) is 58.9 Å². The summed E-state index contributed by atoms with van der Waals surface area (Å²) in [6.45, 7) is 7.00. The molecule has 1 fully saturated rings. The van der Waals surface area contributed by atoms with Crippen LogP contribution in [0.25, 0.3) is 11.4 Å². The Kier molecular flexibility index (Phi) is 7.13. The molecule has 2 amide bonds. The van der Waals surface area contributed by atoms with Gasteiger partial charge in [0, 0.05) is 35.8 Å². The van der Waals surface area contributed by atoms with Gasteiger partial charge in [-0.15, -0.1) is 10.2 Å². The van der Waals surface area contributed by atoms with Crippen LogP contribution in [0.2, 0.25) is 0 Å². The van der Waals surface area contributed by atoms with Crippen LogP contribution in [0, 0.1) is 6.92 Å². The predicted octanol–water partition coefficient (Wildman–Crippen LogP) is 1.05. The SMILES string of the molecule is Cc1c(-c2nn[nH]n2)ccc2c1CC[C@@H]2NC(=O)c1cc(C(=O)NCc2ccc3c(c2)N(C2C(=O)C(O)C2N)CC3(C)C)ncn1. The molecular weight excluding hydrogens is 588 g/mol. The normalized spacial score (nSPS) is 22.6. The van der Waals surface area contributed by atoms with Crippen molar-refractivity contribution in [3.63, 3.8) is 0 Å². The van der Waals surface area contributed by atoms with E-state index in [2.05, 4.69) is 55.1 Å². The number of anilines is 1. The Morgan fingerprint density at radius 2 is 1.91 bits per heavy atom. The molecule has 4 aromatic rings. The molecule has 0 radical (unpaired) electrons. The summed E-state index contributed by atoms with van der Waals surface area (Å²) in [5.74, 6) is -0.605. The number of carbonyl (C=O) groups excluding carboxylic acids is 3. The summed E-state index contributed by atoms with van der Waals surface area (Å²) in [7, 11) is 0. The fourth-order valence-electron chi connectivity index (χ4n) is 6.97. The number of aliphatic hydroxyl groups is 1. The second-order valence-electron chi connectivity index (χ2n) is 12.8. The average Bonchev–Trinajstić information content (AvgIpc) is 3.79. The largest absolute Gasteiger partial charge is 0.383 e. The first-order valence-electron chi connectivity index (χ1n) is 15.2. The molecular formula is C32H34N10O4. The Balaban J connectivity index is 1.02. The number of ketones is 1. The van der Waals surface area contributed by atoms with Crippen molar-refractivity contribution in [2.75, 3.05) is 11.4 Å². The molecule has 46 heavy (non-hydrogen) atoms. The van der Waals surface area contributed by atoms with Crippen molar-refractivity contribution in [3.8, 4) is 11.4 Å². The molecule has 4 atom stereocenters. The highest BCUT2D eigenvalue weighted by Crippen LogP contribution is 2.44. The van der Waals surface area contributed by atoms with E-state index in [9.17, 15) is 19.5 Å². The number of aromatic amines is 1. The van der Waals surface area contributed by atoms with Crippen LogP contribution in [-0.2, 0) is 23.2 Å². The Morgan fingerprint density at radius 1 is 1.13 bits per heavy atom. The van der Waals surface area contributed by atoms with E-state index >= 15 is 0 Å². The van der Waals surface area contributed by atoms with Crippen LogP contribution < -0.4 is 21.3 Å². The van der Waals surface area contributed by atoms with E-state index in [0.717, 1.165) is 51.9 Å². The summed E-state index contributed by atoms with van der Waals surface area (Å²) >= 11 is 0. The molecule has 236 valence electrons. The van der Waals surface area contributed by atoms with Crippen molar-refractivity contribution >= 4 is 23.3 Å². The third-order valence-corrected chi connectivity index (χ3v) is 9.48. The first-order chi connectivity index (χ1) is 22.0. The second-order valence-corrected chi connectivity index (χ2v) is 12.8. The predicted molar refractivity (Wildman–Crippen MR) is 166 cm³/mol. The number of tetrazole rings is 1. The van der Waals surface area contributed by atoms with Crippen LogP contribution in [0.5, 0.6) is 0 Å². The number of H-pyrrole nitrogens is 1. The molecule has 1 saturated carbocycles. The van der Waals surface area contributed by atoms with Gasteiger partial charge in [-0.3, -0.25) is 14.4 Å². The van der Waals surface area contributed by atoms with Crippen LogP contribution in [-0.4, -0.2) is 78.0 Å². The first-order valence-corrected chi connectivity index (χ1v) is 15.2. The summed E-state index contributed by atoms with van der Waals surface area (Å²) in [6.07, 6.45) is 1.58. The summed E-state index contributed by atoms with van der Waals surface area (Å²) < 4.78 is 0. The number of benzene rings is 2. The van der Waals surface area contributed by atoms with Gasteiger partial charge in [-0.25, -0.2) is 9.97 Å². The lowest BCUT2D eigenvalue weighted by Gasteiger charge is -2.44. The number of amides is 2. The number of aromatic nitrogens is 6. The smallest absolute Gasteiger partial charge is 0.270 e. The highest BCUT2D eigenvalue weighted by molar-refractivity contribution is 6.00. The summed E-state index contributed by atoms with van der Waals surface area (Å²) in [4.78, 5) is 49.0. The van der Waals surface area contributed by atoms with Gasteiger partial charge in [0.05, 0.1) is 12.1 Å². The number of hydrogen-bond donors (Lipinski definition) is 5. The average molecular weight is 623 g/mol. The quantitative estimate of drug-likeness (QED) is 0.197. The zero-order valence-corrected chi connectivity index (χ0v) is 25.6. The maximum atomic E-state index is 13.2. The van der Waals surface area contributed by atoms with E-state index in [1.54, 1.807) is 0 Å². The molecule has 7 rings (SSSR count). The highest BCUT2D eigenvalue weighted by Gasteiger charge is 2.53. The molecule has 6 N–H and O–H groups in total. The molecule has 0 spiro atoms. The lowest BCUT2D eigenvalue weighted by molar-refractivity contribution is -0.139. The lowest BCUT2D eigenvalue weighted by Crippen LogP contribution is -2.71. The van der Waals surface area contributed by atoms with Gasteiger partial charge in [0.25, 0.3) is 11.8 Å². The topological polar surface area (TPSA) is 205 Å². The van der Waals surface area contributed by atoms with Crippen LogP contribution >= 0.6 is 0 Å². The number of carbonyl (C=O) groups is 3. The van der Waals surface area contributed by atoms with Gasteiger partial charge >= 0.3 is 0 Å². The van der Waals surface area contributed by atoms with Gasteiger partial charge in [0.1, 0.15) is 29.9 Å². The van der Waals surface area contributed by atoms with Gasteiger partial charge < -0.3 is 26.4 Å². The summed E-state index contributed by atoms with van der Waals surface area (Å²) in [6, 6.07) is 9.75. The number of nitrogens with one attached hydrogen (secondary N) is 3. The minimum absolute atomic E-state index is 0.0662. The molecule has 2 aliphatic carbocycles. The van der Waals surface area contributed by atoms with Crippen LogP contribution in [0.15, 0.2) is 42.7 Å². The minimum Gasteiger partial charge on any atom is -0.383 e. The molecule has 14 heteroatoms. The van der Waals surface area contributed by atoms with E-state index < -0.39 is 30.0 Å². The molecule has 3 heterocycles. The van der Waals surface area contributed by atoms with E-state index in [1.807, 2.05) is 42.2 Å². The maximum Gasteiger partial charge on any atom is 0.270 e.